The van der Waals surface area contributed by atoms with Gasteiger partial charge in [0.25, 0.3) is 0 Å². The molecule has 0 saturated heterocycles. The molecule has 5 N–H and O–H groups in total. The van der Waals surface area contributed by atoms with E-state index in [1.165, 1.54) is 15.8 Å². The molecule has 34 heavy (non-hydrogen) atoms. The van der Waals surface area contributed by atoms with E-state index in [0.717, 1.165) is 12.8 Å². The predicted octanol–water partition coefficient (Wildman–Crippen LogP) is 1.41. The number of nitrogens with zero attached hydrogens (tertiary/aromatic N) is 5. The van der Waals surface area contributed by atoms with Gasteiger partial charge in [-0.3, -0.25) is 4.57 Å². The highest BCUT2D eigenvalue weighted by Gasteiger charge is 2.44. The van der Waals surface area contributed by atoms with Crippen LogP contribution in [0.2, 0.25) is 5.28 Å². The fourth-order valence-electron chi connectivity index (χ4n) is 4.83. The summed E-state index contributed by atoms with van der Waals surface area (Å²) < 4.78 is 17.5. The average Bonchev–Trinajstić information content (AvgIpc) is 3.45. The molecule has 12 nitrogen and oxygen atoms in total. The molecular weight excluding hydrogens is 487 g/mol. The molecule has 1 unspecified atom stereocenters. The fourth-order valence-corrected chi connectivity index (χ4v) is 5.34. The molecule has 2 aliphatic carbocycles. The highest BCUT2D eigenvalue weighted by molar-refractivity contribution is 7.51. The second-order valence-corrected chi connectivity index (χ2v) is 10.6. The van der Waals surface area contributed by atoms with E-state index in [1.807, 2.05) is 12.1 Å². The first-order valence-electron chi connectivity index (χ1n) is 10.8. The Balaban J connectivity index is 1.39. The van der Waals surface area contributed by atoms with Gasteiger partial charge < -0.3 is 30.1 Å². The molecule has 5 rings (SSSR count). The number of hydrogen-bond acceptors (Lipinski definition) is 9. The molecule has 0 radical (unpaired) electrons. The molecule has 1 saturated carbocycles. The molecule has 2 aromatic heterocycles. The van der Waals surface area contributed by atoms with E-state index in [2.05, 4.69) is 37.7 Å². The second kappa shape index (κ2) is 9.12. The lowest BCUT2D eigenvalue weighted by Crippen LogP contribution is -2.31. The van der Waals surface area contributed by atoms with E-state index < -0.39 is 38.1 Å². The third-order valence-electron chi connectivity index (χ3n) is 6.42. The molecule has 0 amide bonds. The standard InChI is InChI=1S/C20H24ClN6O6P/c21-20-23-18(22-13-6-5-10-3-1-2-4-12(10)13)15-19(24-20)27(26-25-15)14-7-11(16(28)17(14)29)8-33-9-34(30,31)32/h1-4,11,13-14,16-17,28-29H,5-9H2,(H,22,23,24)(H2,30,31,32)/t11-,13?,14-,16-,17+/m1/s1. The van der Waals surface area contributed by atoms with Crippen molar-refractivity contribution in [1.82, 2.24) is 25.0 Å². The van der Waals surface area contributed by atoms with Crippen LogP contribution in [0.3, 0.4) is 0 Å². The maximum Gasteiger partial charge on any atom is 0.350 e. The summed E-state index contributed by atoms with van der Waals surface area (Å²) in [6, 6.07) is 7.52. The number of ether oxygens (including phenoxy) is 1. The summed E-state index contributed by atoms with van der Waals surface area (Å²) in [5, 5.41) is 32.9. The molecule has 0 spiro atoms. The molecule has 0 aliphatic heterocycles. The highest BCUT2D eigenvalue weighted by Crippen LogP contribution is 2.40. The van der Waals surface area contributed by atoms with Crippen molar-refractivity contribution < 1.29 is 29.3 Å². The first-order valence-corrected chi connectivity index (χ1v) is 13.0. The molecule has 1 fully saturated rings. The molecule has 2 heterocycles. The number of aliphatic hydroxyl groups is 2. The van der Waals surface area contributed by atoms with Gasteiger partial charge in [-0.1, -0.05) is 29.5 Å². The Morgan fingerprint density at radius 1 is 1.21 bits per heavy atom. The van der Waals surface area contributed by atoms with E-state index in [9.17, 15) is 14.8 Å². The number of fused-ring (bicyclic) bond motifs is 2. The highest BCUT2D eigenvalue weighted by atomic mass is 35.5. The lowest BCUT2D eigenvalue weighted by molar-refractivity contribution is -0.0128. The van der Waals surface area contributed by atoms with Crippen molar-refractivity contribution in [1.29, 1.82) is 0 Å². The zero-order valence-electron chi connectivity index (χ0n) is 17.9. The van der Waals surface area contributed by atoms with Gasteiger partial charge in [-0.05, 0) is 42.0 Å². The van der Waals surface area contributed by atoms with Crippen LogP contribution in [-0.4, -0.2) is 70.1 Å². The normalized spacial score (nSPS) is 26.8. The third-order valence-corrected chi connectivity index (χ3v) is 7.11. The Labute approximate surface area is 199 Å². The zero-order chi connectivity index (χ0) is 24.0. The number of hydrogen-bond donors (Lipinski definition) is 5. The van der Waals surface area contributed by atoms with Crippen molar-refractivity contribution >= 4 is 36.2 Å². The quantitative estimate of drug-likeness (QED) is 0.229. The number of aliphatic hydroxyl groups excluding tert-OH is 2. The molecule has 2 aliphatic rings. The van der Waals surface area contributed by atoms with Crippen LogP contribution in [0.4, 0.5) is 5.82 Å². The lowest BCUT2D eigenvalue weighted by Gasteiger charge is -2.17. The van der Waals surface area contributed by atoms with Crippen LogP contribution in [0, 0.1) is 5.92 Å². The Hall–Kier alpha value is -2.18. The summed E-state index contributed by atoms with van der Waals surface area (Å²) in [6.07, 6.45) is -1.07. The van der Waals surface area contributed by atoms with Crippen LogP contribution in [0.1, 0.15) is 36.1 Å². The monoisotopic (exact) mass is 510 g/mol. The van der Waals surface area contributed by atoms with Gasteiger partial charge in [-0.25, -0.2) is 4.68 Å². The summed E-state index contributed by atoms with van der Waals surface area (Å²) in [6.45, 7) is -0.129. The fraction of sp³-hybridized carbons (Fsp3) is 0.500. The predicted molar refractivity (Wildman–Crippen MR) is 121 cm³/mol. The number of aryl methyl sites for hydroxylation is 1. The van der Waals surface area contributed by atoms with Gasteiger partial charge in [0, 0.05) is 5.92 Å². The van der Waals surface area contributed by atoms with E-state index in [0.29, 0.717) is 17.0 Å². The Morgan fingerprint density at radius 3 is 2.79 bits per heavy atom. The Kier molecular flexibility index (Phi) is 6.32. The second-order valence-electron chi connectivity index (χ2n) is 8.69. The van der Waals surface area contributed by atoms with Crippen LogP contribution in [-0.2, 0) is 15.7 Å². The number of aromatic nitrogens is 5. The topological polar surface area (TPSA) is 176 Å². The number of anilines is 1. The van der Waals surface area contributed by atoms with Gasteiger partial charge in [0.15, 0.2) is 17.0 Å². The molecule has 1 aromatic carbocycles. The van der Waals surface area contributed by atoms with Crippen molar-refractivity contribution in [3.05, 3.63) is 40.7 Å². The van der Waals surface area contributed by atoms with Crippen molar-refractivity contribution in [2.45, 2.75) is 43.6 Å². The smallest absolute Gasteiger partial charge is 0.350 e. The zero-order valence-corrected chi connectivity index (χ0v) is 19.5. The number of benzene rings is 1. The van der Waals surface area contributed by atoms with E-state index >= 15 is 0 Å². The van der Waals surface area contributed by atoms with Crippen LogP contribution < -0.4 is 5.32 Å². The van der Waals surface area contributed by atoms with Gasteiger partial charge in [0.1, 0.15) is 12.5 Å². The van der Waals surface area contributed by atoms with E-state index in [4.69, 9.17) is 26.1 Å². The van der Waals surface area contributed by atoms with Crippen molar-refractivity contribution in [3.8, 4) is 0 Å². The van der Waals surface area contributed by atoms with Crippen molar-refractivity contribution in [2.75, 3.05) is 18.3 Å². The maximum absolute atomic E-state index is 11.0. The van der Waals surface area contributed by atoms with Gasteiger partial charge in [0.2, 0.25) is 5.28 Å². The first kappa shape index (κ1) is 23.6. The number of halogens is 1. The number of rotatable bonds is 7. The minimum Gasteiger partial charge on any atom is -0.390 e. The third kappa shape index (κ3) is 4.55. The summed E-state index contributed by atoms with van der Waals surface area (Å²) in [5.41, 5.74) is 3.15. The molecule has 0 bridgehead atoms. The van der Waals surface area contributed by atoms with Crippen molar-refractivity contribution in [3.63, 3.8) is 0 Å². The molecule has 5 atom stereocenters. The van der Waals surface area contributed by atoms with E-state index in [-0.39, 0.29) is 24.4 Å². The summed E-state index contributed by atoms with van der Waals surface area (Å²) in [5.74, 6) is -0.131. The van der Waals surface area contributed by atoms with Gasteiger partial charge in [0.05, 0.1) is 24.8 Å². The van der Waals surface area contributed by atoms with E-state index in [1.54, 1.807) is 0 Å². The number of nitrogens with one attached hydrogen (secondary N) is 1. The average molecular weight is 511 g/mol. The van der Waals surface area contributed by atoms with Gasteiger partial charge in [-0.15, -0.1) is 5.10 Å². The first-order chi connectivity index (χ1) is 16.2. The Morgan fingerprint density at radius 2 is 2.00 bits per heavy atom. The summed E-state index contributed by atoms with van der Waals surface area (Å²) in [7, 11) is -4.33. The summed E-state index contributed by atoms with van der Waals surface area (Å²) in [4.78, 5) is 26.5. The van der Waals surface area contributed by atoms with Gasteiger partial charge in [-0.2, -0.15) is 9.97 Å². The Bertz CT molecular complexity index is 1250. The minimum absolute atomic E-state index is 0.0144. The maximum atomic E-state index is 11.0. The molecular formula is C20H24ClN6O6P. The molecule has 3 aromatic rings. The lowest BCUT2D eigenvalue weighted by atomic mass is 10.1. The largest absolute Gasteiger partial charge is 0.390 e. The van der Waals surface area contributed by atoms with Crippen LogP contribution in [0.25, 0.3) is 11.2 Å². The van der Waals surface area contributed by atoms with Gasteiger partial charge >= 0.3 is 7.60 Å². The molecule has 14 heteroatoms. The van der Waals surface area contributed by atoms with Crippen LogP contribution in [0.15, 0.2) is 24.3 Å². The van der Waals surface area contributed by atoms with Crippen molar-refractivity contribution in [2.24, 2.45) is 5.92 Å². The minimum atomic E-state index is -4.33. The van der Waals surface area contributed by atoms with Crippen LogP contribution >= 0.6 is 19.2 Å². The molecule has 182 valence electrons. The van der Waals surface area contributed by atoms with Crippen LogP contribution in [0.5, 0.6) is 0 Å². The SMILES string of the molecule is O=P(O)(O)COC[C@H]1C[C@@H](n2nnc3c(NC4CCc5ccccc54)nc(Cl)nc32)[C@H](O)[C@@H]1O. The summed E-state index contributed by atoms with van der Waals surface area (Å²) >= 11 is 6.21.